The fourth-order valence-corrected chi connectivity index (χ4v) is 4.41. The summed E-state index contributed by atoms with van der Waals surface area (Å²) in [6.07, 6.45) is 3.12. The lowest BCUT2D eigenvalue weighted by atomic mass is 10.2. The number of anilines is 1. The molecule has 1 aliphatic heterocycles. The molecule has 3 amide bonds. The molecule has 0 aromatic heterocycles. The highest BCUT2D eigenvalue weighted by Crippen LogP contribution is 2.39. The van der Waals surface area contributed by atoms with Gasteiger partial charge in [0.05, 0.1) is 16.0 Å². The minimum Gasteiger partial charge on any atom is -0.490 e. The van der Waals surface area contributed by atoms with Crippen LogP contribution >= 0.6 is 27.7 Å². The molecule has 0 bridgehead atoms. The van der Waals surface area contributed by atoms with Crippen LogP contribution in [-0.2, 0) is 9.59 Å². The van der Waals surface area contributed by atoms with Crippen LogP contribution in [0.4, 0.5) is 10.5 Å². The first-order valence-corrected chi connectivity index (χ1v) is 11.7. The van der Waals surface area contributed by atoms with Crippen molar-refractivity contribution in [1.82, 2.24) is 4.90 Å². The lowest BCUT2D eigenvalue weighted by Crippen LogP contribution is -2.27. The Morgan fingerprint density at radius 3 is 2.61 bits per heavy atom. The number of aryl methyl sites for hydroxylation is 1. The van der Waals surface area contributed by atoms with Gasteiger partial charge in [0.1, 0.15) is 0 Å². The van der Waals surface area contributed by atoms with Crippen LogP contribution in [0.5, 0.6) is 11.5 Å². The quantitative estimate of drug-likeness (QED) is 0.345. The van der Waals surface area contributed by atoms with Crippen molar-refractivity contribution >= 4 is 56.5 Å². The van der Waals surface area contributed by atoms with Crippen LogP contribution in [0.25, 0.3) is 6.08 Å². The summed E-state index contributed by atoms with van der Waals surface area (Å²) in [7, 11) is 0. The zero-order valence-corrected chi connectivity index (χ0v) is 20.6. The number of thioether (sulfide) groups is 1. The van der Waals surface area contributed by atoms with Crippen LogP contribution in [0.2, 0.25) is 0 Å². The van der Waals surface area contributed by atoms with E-state index in [0.717, 1.165) is 22.2 Å². The van der Waals surface area contributed by atoms with E-state index in [9.17, 15) is 14.4 Å². The molecular formula is C24H23BrN2O5S. The number of hydrogen-bond acceptors (Lipinski definition) is 6. The summed E-state index contributed by atoms with van der Waals surface area (Å²) in [5.74, 6) is 0.0969. The Kier molecular flexibility index (Phi) is 8.35. The van der Waals surface area contributed by atoms with Crippen molar-refractivity contribution in [3.8, 4) is 11.5 Å². The number of rotatable bonds is 9. The fraction of sp³-hybridized carbons (Fsp3) is 0.208. The van der Waals surface area contributed by atoms with E-state index in [1.807, 2.05) is 38.1 Å². The summed E-state index contributed by atoms with van der Waals surface area (Å²) in [4.78, 5) is 38.3. The number of carbonyl (C=O) groups is 3. The van der Waals surface area contributed by atoms with Crippen molar-refractivity contribution < 1.29 is 23.9 Å². The SMILES string of the molecule is C=CCN1C(=O)S/C(=C/c2cc(Br)c(OCC(=O)Nc3ccc(C)cc3)c(OCC)c2)C1=O. The molecule has 3 rings (SSSR count). The smallest absolute Gasteiger partial charge is 0.293 e. The maximum Gasteiger partial charge on any atom is 0.293 e. The maximum atomic E-state index is 12.5. The van der Waals surface area contributed by atoms with Gasteiger partial charge in [0, 0.05) is 12.2 Å². The maximum absolute atomic E-state index is 12.5. The number of halogens is 1. The topological polar surface area (TPSA) is 84.9 Å². The Morgan fingerprint density at radius 1 is 1.21 bits per heavy atom. The Labute approximate surface area is 204 Å². The van der Waals surface area contributed by atoms with E-state index in [-0.39, 0.29) is 30.2 Å². The van der Waals surface area contributed by atoms with Crippen molar-refractivity contribution in [2.75, 3.05) is 25.1 Å². The standard InChI is InChI=1S/C24H23BrN2O5S/c1-4-10-27-23(29)20(33-24(27)30)13-16-11-18(25)22(19(12-16)31-5-2)32-14-21(28)26-17-8-6-15(3)7-9-17/h4,6-9,11-13H,1,5,10,14H2,2-3H3,(H,26,28)/b20-13+. The van der Waals surface area contributed by atoms with Gasteiger partial charge in [-0.15, -0.1) is 6.58 Å². The predicted octanol–water partition coefficient (Wildman–Crippen LogP) is 5.40. The minimum atomic E-state index is -0.368. The minimum absolute atomic E-state index is 0.160. The van der Waals surface area contributed by atoms with Crippen molar-refractivity contribution in [2.45, 2.75) is 13.8 Å². The molecule has 0 saturated carbocycles. The van der Waals surface area contributed by atoms with Gasteiger partial charge in [-0.3, -0.25) is 19.3 Å². The highest BCUT2D eigenvalue weighted by atomic mass is 79.9. The third kappa shape index (κ3) is 6.27. The van der Waals surface area contributed by atoms with Gasteiger partial charge in [0.2, 0.25) is 0 Å². The molecule has 2 aromatic rings. The molecule has 0 unspecified atom stereocenters. The largest absolute Gasteiger partial charge is 0.490 e. The van der Waals surface area contributed by atoms with Crippen molar-refractivity contribution in [3.63, 3.8) is 0 Å². The van der Waals surface area contributed by atoms with E-state index in [1.54, 1.807) is 18.2 Å². The van der Waals surface area contributed by atoms with Gasteiger partial charge in [0.25, 0.3) is 17.1 Å². The number of nitrogens with zero attached hydrogens (tertiary/aromatic N) is 1. The zero-order chi connectivity index (χ0) is 24.0. The van der Waals surface area contributed by atoms with E-state index < -0.39 is 0 Å². The zero-order valence-electron chi connectivity index (χ0n) is 18.2. The first-order valence-electron chi connectivity index (χ1n) is 10.1. The molecular weight excluding hydrogens is 508 g/mol. The predicted molar refractivity (Wildman–Crippen MR) is 133 cm³/mol. The molecule has 1 fully saturated rings. The Hall–Kier alpha value is -3.04. The number of carbonyl (C=O) groups excluding carboxylic acids is 3. The Morgan fingerprint density at radius 2 is 1.94 bits per heavy atom. The third-order valence-electron chi connectivity index (χ3n) is 4.50. The van der Waals surface area contributed by atoms with Gasteiger partial charge in [-0.1, -0.05) is 23.8 Å². The molecule has 0 aliphatic carbocycles. The van der Waals surface area contributed by atoms with Gasteiger partial charge in [-0.25, -0.2) is 0 Å². The molecule has 7 nitrogen and oxygen atoms in total. The normalized spacial score (nSPS) is 14.5. The van der Waals surface area contributed by atoms with Crippen LogP contribution in [0, 0.1) is 6.92 Å². The summed E-state index contributed by atoms with van der Waals surface area (Å²) < 4.78 is 12.0. The molecule has 2 aromatic carbocycles. The molecule has 172 valence electrons. The summed E-state index contributed by atoms with van der Waals surface area (Å²) in [5.41, 5.74) is 2.42. The van der Waals surface area contributed by atoms with E-state index in [4.69, 9.17) is 9.47 Å². The lowest BCUT2D eigenvalue weighted by Gasteiger charge is -2.15. The number of amides is 3. The van der Waals surface area contributed by atoms with Gasteiger partial charge in [0.15, 0.2) is 18.1 Å². The van der Waals surface area contributed by atoms with E-state index in [1.165, 1.54) is 6.08 Å². The molecule has 0 atom stereocenters. The average molecular weight is 531 g/mol. The average Bonchev–Trinajstić information content (AvgIpc) is 3.02. The van der Waals surface area contributed by atoms with Crippen LogP contribution in [0.3, 0.4) is 0 Å². The molecule has 1 N–H and O–H groups in total. The second-order valence-electron chi connectivity index (χ2n) is 7.05. The second-order valence-corrected chi connectivity index (χ2v) is 8.89. The van der Waals surface area contributed by atoms with Crippen LogP contribution in [0.15, 0.2) is 58.4 Å². The number of imide groups is 1. The molecule has 0 spiro atoms. The van der Waals surface area contributed by atoms with Crippen LogP contribution < -0.4 is 14.8 Å². The molecule has 9 heteroatoms. The van der Waals surface area contributed by atoms with Crippen molar-refractivity contribution in [2.24, 2.45) is 0 Å². The van der Waals surface area contributed by atoms with Crippen molar-refractivity contribution in [1.29, 1.82) is 0 Å². The van der Waals surface area contributed by atoms with E-state index in [0.29, 0.717) is 38.7 Å². The van der Waals surface area contributed by atoms with Gasteiger partial charge < -0.3 is 14.8 Å². The van der Waals surface area contributed by atoms with E-state index >= 15 is 0 Å². The first kappa shape index (κ1) is 24.6. The number of nitrogens with one attached hydrogen (secondary N) is 1. The molecule has 33 heavy (non-hydrogen) atoms. The van der Waals surface area contributed by atoms with Gasteiger partial charge in [-0.05, 0) is 77.4 Å². The lowest BCUT2D eigenvalue weighted by molar-refractivity contribution is -0.122. The number of benzene rings is 2. The number of ether oxygens (including phenoxy) is 2. The summed E-state index contributed by atoms with van der Waals surface area (Å²) >= 11 is 4.33. The Balaban J connectivity index is 1.76. The molecule has 1 heterocycles. The van der Waals surface area contributed by atoms with Gasteiger partial charge >= 0.3 is 0 Å². The highest BCUT2D eigenvalue weighted by molar-refractivity contribution is 9.10. The first-order chi connectivity index (χ1) is 15.8. The van der Waals surface area contributed by atoms with E-state index in [2.05, 4.69) is 27.8 Å². The van der Waals surface area contributed by atoms with Crippen LogP contribution in [-0.4, -0.2) is 41.7 Å². The summed E-state index contributed by atoms with van der Waals surface area (Å²) in [6.45, 7) is 7.69. The van der Waals surface area contributed by atoms with Crippen LogP contribution in [0.1, 0.15) is 18.1 Å². The Bertz CT molecular complexity index is 1110. The highest BCUT2D eigenvalue weighted by Gasteiger charge is 2.34. The monoisotopic (exact) mass is 530 g/mol. The summed E-state index contributed by atoms with van der Waals surface area (Å²) in [6, 6.07) is 10.9. The van der Waals surface area contributed by atoms with Gasteiger partial charge in [-0.2, -0.15) is 0 Å². The van der Waals surface area contributed by atoms with Crippen molar-refractivity contribution in [3.05, 3.63) is 69.6 Å². The summed E-state index contributed by atoms with van der Waals surface area (Å²) in [5, 5.41) is 2.44. The molecule has 1 saturated heterocycles. The second kappa shape index (κ2) is 11.2. The number of hydrogen-bond donors (Lipinski definition) is 1. The third-order valence-corrected chi connectivity index (χ3v) is 5.99. The fourth-order valence-electron chi connectivity index (χ4n) is 2.98. The molecule has 0 radical (unpaired) electrons. The molecule has 1 aliphatic rings.